The first-order valence-electron chi connectivity index (χ1n) is 6.76. The molecule has 4 nitrogen and oxygen atoms in total. The molecule has 6 heteroatoms. The highest BCUT2D eigenvalue weighted by atomic mass is 32.1. The fourth-order valence-corrected chi connectivity index (χ4v) is 3.49. The van der Waals surface area contributed by atoms with Gasteiger partial charge in [-0.3, -0.25) is 9.67 Å². The molecule has 3 rings (SSSR count). The molecule has 0 aliphatic carbocycles. The molecule has 2 aromatic heterocycles. The van der Waals surface area contributed by atoms with E-state index in [1.165, 1.54) is 37.2 Å². The number of aromatic nitrogens is 3. The fraction of sp³-hybridized carbons (Fsp3) is 0.538. The maximum absolute atomic E-state index is 5.34. The molecule has 0 bridgehead atoms. The summed E-state index contributed by atoms with van der Waals surface area (Å²) in [5.41, 5.74) is 0. The molecule has 0 amide bonds. The second kappa shape index (κ2) is 5.98. The van der Waals surface area contributed by atoms with Gasteiger partial charge in [0.2, 0.25) is 0 Å². The van der Waals surface area contributed by atoms with Crippen LogP contribution in [0, 0.1) is 4.77 Å². The number of H-pyrrole nitrogens is 1. The number of thiophene rings is 1. The summed E-state index contributed by atoms with van der Waals surface area (Å²) in [6.45, 7) is 4.42. The van der Waals surface area contributed by atoms with E-state index in [4.69, 9.17) is 12.2 Å². The average molecular weight is 294 g/mol. The highest BCUT2D eigenvalue weighted by molar-refractivity contribution is 7.71. The molecule has 0 radical (unpaired) electrons. The quantitative estimate of drug-likeness (QED) is 0.880. The molecule has 0 spiro atoms. The topological polar surface area (TPSA) is 36.9 Å². The standard InChI is InChI=1S/C13H18N4S2/c18-13-15-14-12(11-5-4-10-19-11)17(13)9-8-16-6-2-1-3-7-16/h4-5,10H,1-3,6-9H2,(H,15,18). The normalized spacial score (nSPS) is 16.8. The van der Waals surface area contributed by atoms with E-state index in [9.17, 15) is 0 Å². The van der Waals surface area contributed by atoms with Gasteiger partial charge in [0.25, 0.3) is 0 Å². The molecule has 1 aliphatic heterocycles. The van der Waals surface area contributed by atoms with Crippen molar-refractivity contribution in [2.24, 2.45) is 0 Å². The van der Waals surface area contributed by atoms with Gasteiger partial charge in [0.1, 0.15) is 0 Å². The number of hydrogen-bond donors (Lipinski definition) is 1. The van der Waals surface area contributed by atoms with Crippen LogP contribution in [-0.2, 0) is 6.54 Å². The van der Waals surface area contributed by atoms with Gasteiger partial charge in [-0.1, -0.05) is 12.5 Å². The molecular formula is C13H18N4S2. The average Bonchev–Trinajstić information content (AvgIpc) is 3.07. The van der Waals surface area contributed by atoms with Crippen LogP contribution < -0.4 is 0 Å². The Hall–Kier alpha value is -0.980. The SMILES string of the molecule is S=c1[nH]nc(-c2cccs2)n1CCN1CCCCC1. The molecule has 0 atom stereocenters. The third-order valence-electron chi connectivity index (χ3n) is 3.59. The van der Waals surface area contributed by atoms with E-state index in [0.29, 0.717) is 0 Å². The van der Waals surface area contributed by atoms with Gasteiger partial charge >= 0.3 is 0 Å². The van der Waals surface area contributed by atoms with E-state index in [2.05, 4.69) is 31.1 Å². The molecule has 3 heterocycles. The lowest BCUT2D eigenvalue weighted by atomic mass is 10.1. The molecule has 1 fully saturated rings. The highest BCUT2D eigenvalue weighted by Gasteiger charge is 2.13. The monoisotopic (exact) mass is 294 g/mol. The Labute approximate surface area is 122 Å². The minimum atomic E-state index is 0.723. The van der Waals surface area contributed by atoms with E-state index in [-0.39, 0.29) is 0 Å². The van der Waals surface area contributed by atoms with Crippen LogP contribution in [0.3, 0.4) is 0 Å². The predicted octanol–water partition coefficient (Wildman–Crippen LogP) is 3.16. The Kier molecular flexibility index (Phi) is 4.10. The van der Waals surface area contributed by atoms with Crippen LogP contribution in [0.2, 0.25) is 0 Å². The Balaban J connectivity index is 1.73. The molecule has 0 aromatic carbocycles. The highest BCUT2D eigenvalue weighted by Crippen LogP contribution is 2.22. The summed E-state index contributed by atoms with van der Waals surface area (Å²) < 4.78 is 2.84. The predicted molar refractivity (Wildman–Crippen MR) is 81.0 cm³/mol. The smallest absolute Gasteiger partial charge is 0.195 e. The van der Waals surface area contributed by atoms with Crippen LogP contribution in [0.15, 0.2) is 17.5 Å². The number of piperidine rings is 1. The number of aromatic amines is 1. The second-order valence-electron chi connectivity index (χ2n) is 4.88. The van der Waals surface area contributed by atoms with Crippen LogP contribution >= 0.6 is 23.6 Å². The number of likely N-dealkylation sites (tertiary alicyclic amines) is 1. The molecule has 102 valence electrons. The van der Waals surface area contributed by atoms with Gasteiger partial charge in [-0.05, 0) is 49.6 Å². The van der Waals surface area contributed by atoms with Crippen molar-refractivity contribution in [3.05, 3.63) is 22.3 Å². The Morgan fingerprint density at radius 3 is 2.84 bits per heavy atom. The van der Waals surface area contributed by atoms with Crippen LogP contribution in [0.25, 0.3) is 10.7 Å². The first-order valence-corrected chi connectivity index (χ1v) is 8.05. The van der Waals surface area contributed by atoms with E-state index in [0.717, 1.165) is 23.7 Å². The van der Waals surface area contributed by atoms with Crippen molar-refractivity contribution >= 4 is 23.6 Å². The molecule has 1 aliphatic rings. The van der Waals surface area contributed by atoms with Crippen LogP contribution in [0.4, 0.5) is 0 Å². The Morgan fingerprint density at radius 1 is 1.26 bits per heavy atom. The fourth-order valence-electron chi connectivity index (χ4n) is 2.54. The van der Waals surface area contributed by atoms with Crippen molar-refractivity contribution in [2.75, 3.05) is 19.6 Å². The summed E-state index contributed by atoms with van der Waals surface area (Å²) >= 11 is 7.05. The van der Waals surface area contributed by atoms with E-state index < -0.39 is 0 Å². The van der Waals surface area contributed by atoms with Crippen LogP contribution in [0.5, 0.6) is 0 Å². The summed E-state index contributed by atoms with van der Waals surface area (Å²) in [5.74, 6) is 0.969. The minimum Gasteiger partial charge on any atom is -0.302 e. The van der Waals surface area contributed by atoms with E-state index in [1.807, 2.05) is 6.07 Å². The Bertz CT molecular complexity index is 564. The van der Waals surface area contributed by atoms with Gasteiger partial charge in [0.05, 0.1) is 4.88 Å². The molecule has 1 saturated heterocycles. The summed E-state index contributed by atoms with van der Waals surface area (Å²) in [6.07, 6.45) is 4.03. The zero-order chi connectivity index (χ0) is 13.1. The Morgan fingerprint density at radius 2 is 2.11 bits per heavy atom. The van der Waals surface area contributed by atoms with Crippen molar-refractivity contribution in [1.82, 2.24) is 19.7 Å². The first kappa shape index (κ1) is 13.0. The van der Waals surface area contributed by atoms with Crippen molar-refractivity contribution in [2.45, 2.75) is 25.8 Å². The summed E-state index contributed by atoms with van der Waals surface area (Å²) in [6, 6.07) is 4.14. The van der Waals surface area contributed by atoms with Crippen molar-refractivity contribution in [3.63, 3.8) is 0 Å². The molecule has 2 aromatic rings. The van der Waals surface area contributed by atoms with E-state index >= 15 is 0 Å². The van der Waals surface area contributed by atoms with E-state index in [1.54, 1.807) is 11.3 Å². The number of hydrogen-bond acceptors (Lipinski definition) is 4. The van der Waals surface area contributed by atoms with Crippen molar-refractivity contribution < 1.29 is 0 Å². The maximum atomic E-state index is 5.34. The molecular weight excluding hydrogens is 276 g/mol. The zero-order valence-electron chi connectivity index (χ0n) is 10.8. The largest absolute Gasteiger partial charge is 0.302 e. The van der Waals surface area contributed by atoms with Gasteiger partial charge in [-0.2, -0.15) is 5.10 Å². The lowest BCUT2D eigenvalue weighted by Gasteiger charge is -2.26. The lowest BCUT2D eigenvalue weighted by Crippen LogP contribution is -2.32. The van der Waals surface area contributed by atoms with Crippen molar-refractivity contribution in [3.8, 4) is 10.7 Å². The molecule has 19 heavy (non-hydrogen) atoms. The minimum absolute atomic E-state index is 0.723. The second-order valence-corrected chi connectivity index (χ2v) is 6.22. The third kappa shape index (κ3) is 2.96. The third-order valence-corrected chi connectivity index (χ3v) is 4.77. The van der Waals surface area contributed by atoms with Gasteiger partial charge in [0.15, 0.2) is 10.6 Å². The first-order chi connectivity index (χ1) is 9.34. The maximum Gasteiger partial charge on any atom is 0.195 e. The van der Waals surface area contributed by atoms with Gasteiger partial charge in [-0.25, -0.2) is 0 Å². The number of nitrogens with zero attached hydrogens (tertiary/aromatic N) is 3. The van der Waals surface area contributed by atoms with Crippen molar-refractivity contribution in [1.29, 1.82) is 0 Å². The molecule has 0 unspecified atom stereocenters. The molecule has 1 N–H and O–H groups in total. The number of nitrogens with one attached hydrogen (secondary N) is 1. The van der Waals surface area contributed by atoms with Gasteiger partial charge < -0.3 is 4.90 Å². The molecule has 0 saturated carbocycles. The zero-order valence-corrected chi connectivity index (χ0v) is 12.5. The number of rotatable bonds is 4. The summed E-state index contributed by atoms with van der Waals surface area (Å²) in [7, 11) is 0. The van der Waals surface area contributed by atoms with Gasteiger partial charge in [-0.15, -0.1) is 11.3 Å². The summed E-state index contributed by atoms with van der Waals surface area (Å²) in [5, 5.41) is 9.35. The lowest BCUT2D eigenvalue weighted by molar-refractivity contribution is 0.221. The summed E-state index contributed by atoms with van der Waals surface area (Å²) in [4.78, 5) is 3.70. The van der Waals surface area contributed by atoms with Crippen LogP contribution in [0.1, 0.15) is 19.3 Å². The van der Waals surface area contributed by atoms with Gasteiger partial charge in [0, 0.05) is 13.1 Å². The van der Waals surface area contributed by atoms with Crippen LogP contribution in [-0.4, -0.2) is 39.3 Å².